The molecular formula is C16H23N5O2. The third-order valence-corrected chi connectivity index (χ3v) is 4.64. The predicted octanol–water partition coefficient (Wildman–Crippen LogP) is 0.789. The summed E-state index contributed by atoms with van der Waals surface area (Å²) in [6, 6.07) is 3.94. The molecule has 1 fully saturated rings. The van der Waals surface area contributed by atoms with Gasteiger partial charge in [-0.1, -0.05) is 0 Å². The quantitative estimate of drug-likeness (QED) is 0.871. The van der Waals surface area contributed by atoms with Crippen LogP contribution < -0.4 is 11.0 Å². The molecule has 7 nitrogen and oxygen atoms in total. The Morgan fingerprint density at radius 1 is 1.39 bits per heavy atom. The van der Waals surface area contributed by atoms with Crippen molar-refractivity contribution in [2.75, 3.05) is 11.9 Å². The minimum Gasteiger partial charge on any atom is -0.393 e. The summed E-state index contributed by atoms with van der Waals surface area (Å²) in [6.45, 7) is 2.68. The lowest BCUT2D eigenvalue weighted by atomic mass is 10.0. The van der Waals surface area contributed by atoms with Crippen LogP contribution in [0.1, 0.15) is 30.1 Å². The van der Waals surface area contributed by atoms with E-state index in [0.29, 0.717) is 13.0 Å². The smallest absolute Gasteiger partial charge is 0.345 e. The second-order valence-electron chi connectivity index (χ2n) is 6.42. The Balaban J connectivity index is 1.66. The van der Waals surface area contributed by atoms with Gasteiger partial charge < -0.3 is 10.4 Å². The first-order valence-electron chi connectivity index (χ1n) is 7.90. The molecule has 1 aliphatic rings. The average molecular weight is 317 g/mol. The summed E-state index contributed by atoms with van der Waals surface area (Å²) in [7, 11) is 3.39. The zero-order valence-corrected chi connectivity index (χ0v) is 13.7. The molecule has 0 saturated heterocycles. The van der Waals surface area contributed by atoms with Gasteiger partial charge in [0.15, 0.2) is 0 Å². The predicted molar refractivity (Wildman–Crippen MR) is 87.4 cm³/mol. The van der Waals surface area contributed by atoms with Crippen LogP contribution in [0.2, 0.25) is 0 Å². The normalized spacial score (nSPS) is 24.1. The van der Waals surface area contributed by atoms with Crippen molar-refractivity contribution in [2.24, 2.45) is 20.0 Å². The largest absolute Gasteiger partial charge is 0.393 e. The topological polar surface area (TPSA) is 85.0 Å². The van der Waals surface area contributed by atoms with Crippen LogP contribution >= 0.6 is 0 Å². The number of aliphatic hydroxyl groups is 1. The number of pyridine rings is 1. The van der Waals surface area contributed by atoms with Crippen molar-refractivity contribution in [1.29, 1.82) is 0 Å². The van der Waals surface area contributed by atoms with Crippen LogP contribution in [0, 0.1) is 12.8 Å². The van der Waals surface area contributed by atoms with Crippen molar-refractivity contribution in [2.45, 2.75) is 31.8 Å². The summed E-state index contributed by atoms with van der Waals surface area (Å²) in [5.41, 5.74) is 1.02. The van der Waals surface area contributed by atoms with E-state index in [0.717, 1.165) is 23.6 Å². The monoisotopic (exact) mass is 317 g/mol. The molecule has 0 radical (unpaired) electrons. The molecule has 23 heavy (non-hydrogen) atoms. The minimum absolute atomic E-state index is 0.112. The fraction of sp³-hybridized carbons (Fsp3) is 0.562. The zero-order valence-electron chi connectivity index (χ0n) is 13.7. The molecule has 2 aromatic heterocycles. The molecule has 0 unspecified atom stereocenters. The summed E-state index contributed by atoms with van der Waals surface area (Å²) >= 11 is 0. The van der Waals surface area contributed by atoms with Gasteiger partial charge in [-0.2, -0.15) is 5.10 Å². The highest BCUT2D eigenvalue weighted by Gasteiger charge is 2.36. The number of aromatic nitrogens is 4. The van der Waals surface area contributed by atoms with E-state index in [9.17, 15) is 9.90 Å². The van der Waals surface area contributed by atoms with Crippen LogP contribution in [-0.4, -0.2) is 37.1 Å². The Labute approximate surface area is 135 Å². The first-order chi connectivity index (χ1) is 11.0. The zero-order chi connectivity index (χ0) is 16.6. The number of aliphatic hydroxyl groups excluding tert-OH is 1. The molecule has 0 spiro atoms. The van der Waals surface area contributed by atoms with E-state index in [-0.39, 0.29) is 17.5 Å². The molecule has 0 bridgehead atoms. The molecule has 0 aromatic carbocycles. The van der Waals surface area contributed by atoms with Gasteiger partial charge in [-0.05, 0) is 37.5 Å². The minimum atomic E-state index is -0.394. The van der Waals surface area contributed by atoms with Gasteiger partial charge in [-0.15, -0.1) is 0 Å². The van der Waals surface area contributed by atoms with Gasteiger partial charge >= 0.3 is 5.69 Å². The molecule has 0 aliphatic heterocycles. The fourth-order valence-corrected chi connectivity index (χ4v) is 3.34. The first-order valence-corrected chi connectivity index (χ1v) is 7.90. The second-order valence-corrected chi connectivity index (χ2v) is 6.42. The van der Waals surface area contributed by atoms with Gasteiger partial charge in [0.05, 0.1) is 6.10 Å². The maximum atomic E-state index is 11.8. The van der Waals surface area contributed by atoms with Crippen molar-refractivity contribution >= 4 is 5.82 Å². The van der Waals surface area contributed by atoms with Crippen LogP contribution in [0.15, 0.2) is 23.1 Å². The highest BCUT2D eigenvalue weighted by atomic mass is 16.3. The maximum Gasteiger partial charge on any atom is 0.345 e. The van der Waals surface area contributed by atoms with Crippen LogP contribution in [-0.2, 0) is 14.1 Å². The van der Waals surface area contributed by atoms with E-state index in [1.807, 2.05) is 19.1 Å². The standard InChI is InChI=1S/C16H23N5O2/c1-10-4-5-17-14(6-10)18-9-12-7-11(8-13(12)22)15-19-21(3)16(23)20(15)2/h4-6,11-13,22H,7-9H2,1-3H3,(H,17,18)/t11-,12+,13+/m0/s1. The van der Waals surface area contributed by atoms with E-state index in [1.165, 1.54) is 4.68 Å². The van der Waals surface area contributed by atoms with Crippen LogP contribution in [0.5, 0.6) is 0 Å². The number of nitrogens with one attached hydrogen (secondary N) is 1. The first kappa shape index (κ1) is 15.7. The van der Waals surface area contributed by atoms with Crippen molar-refractivity contribution in [3.8, 4) is 0 Å². The lowest BCUT2D eigenvalue weighted by molar-refractivity contribution is 0.137. The van der Waals surface area contributed by atoms with Crippen molar-refractivity contribution < 1.29 is 5.11 Å². The summed E-state index contributed by atoms with van der Waals surface area (Å²) in [4.78, 5) is 16.1. The molecular weight excluding hydrogens is 294 g/mol. The number of hydrogen-bond donors (Lipinski definition) is 2. The molecule has 1 aliphatic carbocycles. The van der Waals surface area contributed by atoms with Gasteiger partial charge in [0.1, 0.15) is 11.6 Å². The van der Waals surface area contributed by atoms with Gasteiger partial charge in [-0.3, -0.25) is 4.57 Å². The number of hydrogen-bond acceptors (Lipinski definition) is 5. The fourth-order valence-electron chi connectivity index (χ4n) is 3.34. The Hall–Kier alpha value is -2.15. The average Bonchev–Trinajstić information content (AvgIpc) is 3.00. The second kappa shape index (κ2) is 6.16. The number of aryl methyl sites for hydroxylation is 2. The van der Waals surface area contributed by atoms with Gasteiger partial charge in [0, 0.05) is 38.7 Å². The van der Waals surface area contributed by atoms with Gasteiger partial charge in [0.25, 0.3) is 0 Å². The summed E-state index contributed by atoms with van der Waals surface area (Å²) in [6.07, 6.45) is 2.83. The maximum absolute atomic E-state index is 11.8. The van der Waals surface area contributed by atoms with E-state index in [4.69, 9.17) is 0 Å². The third kappa shape index (κ3) is 3.14. The molecule has 2 heterocycles. The molecule has 124 valence electrons. The van der Waals surface area contributed by atoms with Crippen molar-refractivity contribution in [3.63, 3.8) is 0 Å². The summed E-state index contributed by atoms with van der Waals surface area (Å²) < 4.78 is 2.93. The van der Waals surface area contributed by atoms with E-state index < -0.39 is 6.10 Å². The SMILES string of the molecule is Cc1ccnc(NC[C@H]2C[C@H](c3nn(C)c(=O)n3C)C[C@H]2O)c1. The molecule has 3 rings (SSSR count). The van der Waals surface area contributed by atoms with Crippen molar-refractivity contribution in [1.82, 2.24) is 19.3 Å². The lowest BCUT2D eigenvalue weighted by Gasteiger charge is -2.15. The van der Waals surface area contributed by atoms with E-state index in [1.54, 1.807) is 24.9 Å². The number of nitrogens with zero attached hydrogens (tertiary/aromatic N) is 4. The number of rotatable bonds is 4. The molecule has 2 N–H and O–H groups in total. The Bertz CT molecular complexity index is 751. The molecule has 3 atom stereocenters. The third-order valence-electron chi connectivity index (χ3n) is 4.64. The van der Waals surface area contributed by atoms with Crippen LogP contribution in [0.25, 0.3) is 0 Å². The van der Waals surface area contributed by atoms with E-state index >= 15 is 0 Å². The molecule has 2 aromatic rings. The Morgan fingerprint density at radius 2 is 2.17 bits per heavy atom. The van der Waals surface area contributed by atoms with E-state index in [2.05, 4.69) is 15.4 Å². The number of anilines is 1. The van der Waals surface area contributed by atoms with Gasteiger partial charge in [0.2, 0.25) is 0 Å². The highest BCUT2D eigenvalue weighted by molar-refractivity contribution is 5.37. The van der Waals surface area contributed by atoms with Crippen molar-refractivity contribution in [3.05, 3.63) is 40.2 Å². The summed E-state index contributed by atoms with van der Waals surface area (Å²) in [5, 5.41) is 17.9. The van der Waals surface area contributed by atoms with Crippen LogP contribution in [0.4, 0.5) is 5.82 Å². The Kier molecular flexibility index (Phi) is 4.21. The van der Waals surface area contributed by atoms with Crippen LogP contribution in [0.3, 0.4) is 0 Å². The van der Waals surface area contributed by atoms with Gasteiger partial charge in [-0.25, -0.2) is 14.5 Å². The highest BCUT2D eigenvalue weighted by Crippen LogP contribution is 2.37. The molecule has 7 heteroatoms. The Morgan fingerprint density at radius 3 is 2.83 bits per heavy atom. The molecule has 1 saturated carbocycles. The summed E-state index contributed by atoms with van der Waals surface area (Å²) in [5.74, 6) is 1.82. The lowest BCUT2D eigenvalue weighted by Crippen LogP contribution is -2.22. The molecule has 0 amide bonds.